The zero-order valence-electron chi connectivity index (χ0n) is 11.4. The van der Waals surface area contributed by atoms with Gasteiger partial charge in [0.1, 0.15) is 6.10 Å². The van der Waals surface area contributed by atoms with Gasteiger partial charge in [-0.05, 0) is 49.5 Å². The molecule has 4 heteroatoms. The van der Waals surface area contributed by atoms with Crippen molar-refractivity contribution in [2.45, 2.75) is 57.3 Å². The summed E-state index contributed by atoms with van der Waals surface area (Å²) < 4.78 is 11.4. The second-order valence-electron chi connectivity index (χ2n) is 7.00. The van der Waals surface area contributed by atoms with Crippen LogP contribution in [-0.4, -0.2) is 35.5 Å². The average Bonchev–Trinajstić information content (AvgIpc) is 2.93. The first-order chi connectivity index (χ1) is 8.98. The molecule has 2 aliphatic carbocycles. The maximum atomic E-state index is 11.8. The van der Waals surface area contributed by atoms with E-state index < -0.39 is 0 Å². The molecular formula is C15H20O4. The molecule has 0 aromatic rings. The smallest absolute Gasteiger partial charge is 0.337 e. The number of carbonyl (C=O) groups excluding carboxylic acids is 1. The minimum absolute atomic E-state index is 0.0167. The molecule has 1 saturated heterocycles. The van der Waals surface area contributed by atoms with Gasteiger partial charge in [-0.3, -0.25) is 0 Å². The monoisotopic (exact) mass is 264 g/mol. The molecule has 4 aliphatic rings. The van der Waals surface area contributed by atoms with Crippen LogP contribution in [0.4, 0.5) is 0 Å². The van der Waals surface area contributed by atoms with Crippen LogP contribution in [0.5, 0.6) is 0 Å². The number of esters is 1. The van der Waals surface area contributed by atoms with Crippen molar-refractivity contribution in [3.63, 3.8) is 0 Å². The summed E-state index contributed by atoms with van der Waals surface area (Å²) in [6, 6.07) is 0. The van der Waals surface area contributed by atoms with Gasteiger partial charge in [-0.2, -0.15) is 0 Å². The molecule has 0 spiro atoms. The third-order valence-corrected chi connectivity index (χ3v) is 5.99. The standard InChI is InChI=1S/C15H20O4/c1-14-4-3-12-15(2,19-12)11(14)5-8-9(7-16)13(17)18-10(8)6-14/h10-12,16H,3-7H2,1-2H3/t10-,11+,12+,14+,15-/m0/s1. The fourth-order valence-electron chi connectivity index (χ4n) is 4.77. The number of aliphatic hydroxyl groups is 1. The number of carbonyl (C=O) groups is 1. The lowest BCUT2D eigenvalue weighted by atomic mass is 9.55. The van der Waals surface area contributed by atoms with E-state index in [4.69, 9.17) is 9.47 Å². The molecule has 104 valence electrons. The van der Waals surface area contributed by atoms with Gasteiger partial charge in [0.15, 0.2) is 0 Å². The zero-order valence-corrected chi connectivity index (χ0v) is 11.4. The number of fused-ring (bicyclic) bond motifs is 4. The van der Waals surface area contributed by atoms with Gasteiger partial charge in [0, 0.05) is 0 Å². The molecule has 0 aromatic heterocycles. The van der Waals surface area contributed by atoms with Gasteiger partial charge < -0.3 is 14.6 Å². The lowest BCUT2D eigenvalue weighted by Crippen LogP contribution is -2.48. The van der Waals surface area contributed by atoms with Crippen LogP contribution in [0.2, 0.25) is 0 Å². The minimum atomic E-state index is -0.317. The molecule has 0 aromatic carbocycles. The van der Waals surface area contributed by atoms with Crippen molar-refractivity contribution in [2.75, 3.05) is 6.61 Å². The Bertz CT molecular complexity index is 496. The number of ether oxygens (including phenoxy) is 2. The molecule has 3 fully saturated rings. The summed E-state index contributed by atoms with van der Waals surface area (Å²) in [5, 5.41) is 9.39. The van der Waals surface area contributed by atoms with Crippen molar-refractivity contribution in [1.29, 1.82) is 0 Å². The number of hydrogen-bond donors (Lipinski definition) is 1. The first kappa shape index (κ1) is 11.9. The van der Waals surface area contributed by atoms with Crippen LogP contribution >= 0.6 is 0 Å². The zero-order chi connectivity index (χ0) is 13.4. The van der Waals surface area contributed by atoms with Gasteiger partial charge in [0.25, 0.3) is 0 Å². The van der Waals surface area contributed by atoms with E-state index >= 15 is 0 Å². The SMILES string of the molecule is C[C@]12CC[C@H]3O[C@@]3(C)[C@@H]1CC1=C(CO)C(=O)O[C@H]1C2. The summed E-state index contributed by atoms with van der Waals surface area (Å²) >= 11 is 0. The molecule has 0 amide bonds. The quantitative estimate of drug-likeness (QED) is 0.577. The molecule has 4 rings (SSSR count). The average molecular weight is 264 g/mol. The Morgan fingerprint density at radius 2 is 2.21 bits per heavy atom. The van der Waals surface area contributed by atoms with E-state index in [0.717, 1.165) is 31.3 Å². The maximum absolute atomic E-state index is 11.8. The third-order valence-electron chi connectivity index (χ3n) is 5.99. The van der Waals surface area contributed by atoms with Crippen LogP contribution in [0.1, 0.15) is 39.5 Å². The summed E-state index contributed by atoms with van der Waals surface area (Å²) in [4.78, 5) is 11.8. The second kappa shape index (κ2) is 3.41. The molecule has 1 N–H and O–H groups in total. The molecule has 0 bridgehead atoms. The van der Waals surface area contributed by atoms with Crippen LogP contribution in [0, 0.1) is 11.3 Å². The van der Waals surface area contributed by atoms with E-state index in [9.17, 15) is 9.90 Å². The van der Waals surface area contributed by atoms with Gasteiger partial charge in [-0.25, -0.2) is 4.79 Å². The molecular weight excluding hydrogens is 244 g/mol. The normalized spacial score (nSPS) is 51.3. The Morgan fingerprint density at radius 3 is 2.95 bits per heavy atom. The van der Waals surface area contributed by atoms with Gasteiger partial charge >= 0.3 is 5.97 Å². The number of aliphatic hydroxyl groups excluding tert-OH is 1. The van der Waals surface area contributed by atoms with E-state index in [-0.39, 0.29) is 29.7 Å². The highest BCUT2D eigenvalue weighted by molar-refractivity contribution is 5.92. The molecule has 2 heterocycles. The second-order valence-corrected chi connectivity index (χ2v) is 7.00. The van der Waals surface area contributed by atoms with E-state index in [2.05, 4.69) is 13.8 Å². The molecule has 4 nitrogen and oxygen atoms in total. The Hall–Kier alpha value is -0.870. The van der Waals surface area contributed by atoms with Gasteiger partial charge in [-0.1, -0.05) is 6.92 Å². The van der Waals surface area contributed by atoms with E-state index in [1.165, 1.54) is 0 Å². The van der Waals surface area contributed by atoms with Crippen LogP contribution in [0.3, 0.4) is 0 Å². The fraction of sp³-hybridized carbons (Fsp3) is 0.800. The van der Waals surface area contributed by atoms with Crippen LogP contribution in [-0.2, 0) is 14.3 Å². The van der Waals surface area contributed by atoms with Crippen molar-refractivity contribution in [3.8, 4) is 0 Å². The first-order valence-corrected chi connectivity index (χ1v) is 7.19. The third kappa shape index (κ3) is 1.39. The Morgan fingerprint density at radius 1 is 1.42 bits per heavy atom. The number of hydrogen-bond acceptors (Lipinski definition) is 4. The summed E-state index contributed by atoms with van der Waals surface area (Å²) in [7, 11) is 0. The molecule has 5 atom stereocenters. The summed E-state index contributed by atoms with van der Waals surface area (Å²) in [6.45, 7) is 4.31. The van der Waals surface area contributed by atoms with Gasteiger partial charge in [-0.15, -0.1) is 0 Å². The fourth-order valence-corrected chi connectivity index (χ4v) is 4.77. The molecule has 2 aliphatic heterocycles. The van der Waals surface area contributed by atoms with Gasteiger partial charge in [0.05, 0.1) is 23.9 Å². The predicted octanol–water partition coefficient (Wildman–Crippen LogP) is 1.57. The first-order valence-electron chi connectivity index (χ1n) is 7.19. The Balaban J connectivity index is 1.73. The van der Waals surface area contributed by atoms with E-state index in [0.29, 0.717) is 17.6 Å². The van der Waals surface area contributed by atoms with Crippen molar-refractivity contribution in [3.05, 3.63) is 11.1 Å². The highest BCUT2D eigenvalue weighted by Gasteiger charge is 2.67. The largest absolute Gasteiger partial charge is 0.454 e. The highest BCUT2D eigenvalue weighted by atomic mass is 16.6. The predicted molar refractivity (Wildman–Crippen MR) is 67.3 cm³/mol. The summed E-state index contributed by atoms with van der Waals surface area (Å²) in [5.41, 5.74) is 1.71. The molecule has 0 radical (unpaired) electrons. The number of epoxide rings is 1. The summed E-state index contributed by atoms with van der Waals surface area (Å²) in [6.07, 6.45) is 4.29. The summed E-state index contributed by atoms with van der Waals surface area (Å²) in [5.74, 6) is 0.129. The van der Waals surface area contributed by atoms with Crippen molar-refractivity contribution < 1.29 is 19.4 Å². The lowest BCUT2D eigenvalue weighted by Gasteiger charge is -2.48. The van der Waals surface area contributed by atoms with E-state index in [1.807, 2.05) is 0 Å². The van der Waals surface area contributed by atoms with Crippen LogP contribution in [0.25, 0.3) is 0 Å². The van der Waals surface area contributed by atoms with E-state index in [1.54, 1.807) is 0 Å². The Kier molecular flexibility index (Phi) is 2.14. The highest BCUT2D eigenvalue weighted by Crippen LogP contribution is 2.64. The van der Waals surface area contributed by atoms with Crippen molar-refractivity contribution in [2.24, 2.45) is 11.3 Å². The topological polar surface area (TPSA) is 59.1 Å². The van der Waals surface area contributed by atoms with Crippen molar-refractivity contribution in [1.82, 2.24) is 0 Å². The maximum Gasteiger partial charge on any atom is 0.337 e. The van der Waals surface area contributed by atoms with Crippen LogP contribution in [0.15, 0.2) is 11.1 Å². The number of rotatable bonds is 1. The Labute approximate surface area is 112 Å². The lowest BCUT2D eigenvalue weighted by molar-refractivity contribution is -0.142. The molecule has 19 heavy (non-hydrogen) atoms. The van der Waals surface area contributed by atoms with Crippen molar-refractivity contribution >= 4 is 5.97 Å². The minimum Gasteiger partial charge on any atom is -0.454 e. The van der Waals surface area contributed by atoms with Gasteiger partial charge in [0.2, 0.25) is 0 Å². The molecule has 2 saturated carbocycles. The van der Waals surface area contributed by atoms with Crippen LogP contribution < -0.4 is 0 Å². The molecule has 0 unspecified atom stereocenters.